The molecule has 1 fully saturated rings. The van der Waals surface area contributed by atoms with E-state index in [1.807, 2.05) is 0 Å². The Morgan fingerprint density at radius 2 is 2.00 bits per heavy atom. The van der Waals surface area contributed by atoms with Crippen molar-refractivity contribution < 1.29 is 20.4 Å². The predicted octanol–water partition coefficient (Wildman–Crippen LogP) is 2.82. The van der Waals surface area contributed by atoms with E-state index >= 15 is 0 Å². The minimum atomic E-state index is -1.42. The SMILES string of the molecule is [2H]/C(Cl)=C1/CC(C(=O)OCC)(C(=O)OCC)CC1C=C. The average molecular weight is 288 g/mol. The van der Waals surface area contributed by atoms with Gasteiger partial charge in [-0.1, -0.05) is 23.3 Å². The van der Waals surface area contributed by atoms with Gasteiger partial charge in [-0.3, -0.25) is 9.59 Å². The maximum absolute atomic E-state index is 12.2. The van der Waals surface area contributed by atoms with Crippen molar-refractivity contribution in [1.82, 2.24) is 0 Å². The van der Waals surface area contributed by atoms with Gasteiger partial charge in [-0.15, -0.1) is 6.58 Å². The van der Waals surface area contributed by atoms with Crippen LogP contribution in [0, 0.1) is 11.3 Å². The molecule has 0 aromatic rings. The molecule has 1 rings (SSSR count). The number of allylic oxidation sites excluding steroid dienone is 2. The zero-order chi connectivity index (χ0) is 15.3. The molecule has 0 heterocycles. The second-order valence-electron chi connectivity index (χ2n) is 4.37. The van der Waals surface area contributed by atoms with Crippen LogP contribution in [0.15, 0.2) is 23.7 Å². The molecule has 0 aromatic carbocycles. The van der Waals surface area contributed by atoms with E-state index in [1.54, 1.807) is 19.9 Å². The first-order chi connectivity index (χ1) is 9.42. The van der Waals surface area contributed by atoms with Crippen molar-refractivity contribution in [2.24, 2.45) is 11.3 Å². The molecule has 19 heavy (non-hydrogen) atoms. The molecule has 5 heteroatoms. The maximum atomic E-state index is 12.2. The number of halogens is 1. The molecule has 0 bridgehead atoms. The van der Waals surface area contributed by atoms with Crippen LogP contribution in [0.4, 0.5) is 0 Å². The van der Waals surface area contributed by atoms with Crippen molar-refractivity contribution in [3.05, 3.63) is 23.7 Å². The lowest BCUT2D eigenvalue weighted by atomic mass is 9.85. The van der Waals surface area contributed by atoms with Crippen LogP contribution in [-0.4, -0.2) is 25.2 Å². The molecule has 0 aliphatic heterocycles. The molecule has 0 aromatic heterocycles. The van der Waals surface area contributed by atoms with Crippen molar-refractivity contribution in [2.45, 2.75) is 26.7 Å². The number of carbonyl (C=O) groups excluding carboxylic acids is 2. The van der Waals surface area contributed by atoms with Gasteiger partial charge in [0.2, 0.25) is 0 Å². The molecule has 0 saturated heterocycles. The molecule has 0 N–H and O–H groups in total. The molecule has 1 aliphatic carbocycles. The topological polar surface area (TPSA) is 52.6 Å². The monoisotopic (exact) mass is 287 g/mol. The Bertz CT molecular complexity index is 422. The molecule has 1 atom stereocenters. The number of ether oxygens (including phenoxy) is 2. The van der Waals surface area contributed by atoms with Crippen LogP contribution >= 0.6 is 11.6 Å². The van der Waals surface area contributed by atoms with Crippen LogP contribution in [0.1, 0.15) is 28.1 Å². The standard InChI is InChI=1S/C14H19ClO4/c1-4-10-7-14(8-11(10)9-15,12(16)18-5-2)13(17)19-6-3/h4,9-10H,1,5-8H2,2-3H3/b11-9+/i9D. The van der Waals surface area contributed by atoms with Crippen molar-refractivity contribution in [2.75, 3.05) is 13.2 Å². The van der Waals surface area contributed by atoms with E-state index in [9.17, 15) is 9.59 Å². The van der Waals surface area contributed by atoms with Gasteiger partial charge in [0, 0.05) is 11.4 Å². The molecule has 0 amide bonds. The number of hydrogen-bond acceptors (Lipinski definition) is 4. The van der Waals surface area contributed by atoms with E-state index in [0.717, 1.165) is 0 Å². The van der Waals surface area contributed by atoms with Gasteiger partial charge in [-0.2, -0.15) is 0 Å². The van der Waals surface area contributed by atoms with E-state index in [4.69, 9.17) is 22.4 Å². The average Bonchev–Trinajstić information content (AvgIpc) is 2.80. The Labute approximate surface area is 119 Å². The summed E-state index contributed by atoms with van der Waals surface area (Å²) < 4.78 is 17.6. The van der Waals surface area contributed by atoms with E-state index in [2.05, 4.69) is 6.58 Å². The van der Waals surface area contributed by atoms with Crippen LogP contribution < -0.4 is 0 Å². The van der Waals surface area contributed by atoms with Gasteiger partial charge in [0.25, 0.3) is 0 Å². The van der Waals surface area contributed by atoms with E-state index in [0.29, 0.717) is 5.57 Å². The third-order valence-electron chi connectivity index (χ3n) is 3.25. The summed E-state index contributed by atoms with van der Waals surface area (Å²) in [7, 11) is 0. The summed E-state index contributed by atoms with van der Waals surface area (Å²) in [6.07, 6.45) is 1.81. The largest absolute Gasteiger partial charge is 0.465 e. The van der Waals surface area contributed by atoms with E-state index < -0.39 is 17.4 Å². The summed E-state index contributed by atoms with van der Waals surface area (Å²) >= 11 is 5.74. The summed E-state index contributed by atoms with van der Waals surface area (Å²) in [4.78, 5) is 24.5. The van der Waals surface area contributed by atoms with Crippen molar-refractivity contribution in [3.8, 4) is 0 Å². The number of rotatable bonds is 5. The normalized spacial score (nSPS) is 24.4. The zero-order valence-electron chi connectivity index (χ0n) is 12.2. The predicted molar refractivity (Wildman–Crippen MR) is 72.6 cm³/mol. The zero-order valence-corrected chi connectivity index (χ0v) is 12.0. The third-order valence-corrected chi connectivity index (χ3v) is 3.49. The first-order valence-corrected chi connectivity index (χ1v) is 6.62. The Morgan fingerprint density at radius 1 is 1.47 bits per heavy atom. The van der Waals surface area contributed by atoms with Crippen molar-refractivity contribution in [3.63, 3.8) is 0 Å². The molecule has 0 spiro atoms. The summed E-state index contributed by atoms with van der Waals surface area (Å²) in [5.41, 5.74) is -1.06. The van der Waals surface area contributed by atoms with Gasteiger partial charge in [-0.25, -0.2) is 0 Å². The Hall–Kier alpha value is -1.29. The van der Waals surface area contributed by atoms with Gasteiger partial charge in [-0.05, 0) is 26.7 Å². The lowest BCUT2D eigenvalue weighted by molar-refractivity contribution is -0.171. The highest BCUT2D eigenvalue weighted by molar-refractivity contribution is 6.25. The number of hydrogen-bond donors (Lipinski definition) is 0. The number of carbonyl (C=O) groups is 2. The molecule has 1 aliphatic rings. The summed E-state index contributed by atoms with van der Waals surface area (Å²) in [5, 5.41) is 0. The minimum absolute atomic E-state index is 0.0453. The quantitative estimate of drug-likeness (QED) is 0.443. The lowest BCUT2D eigenvalue weighted by Gasteiger charge is -2.23. The van der Waals surface area contributed by atoms with E-state index in [1.165, 1.54) is 0 Å². The van der Waals surface area contributed by atoms with Gasteiger partial charge < -0.3 is 9.47 Å². The smallest absolute Gasteiger partial charge is 0.323 e. The van der Waals surface area contributed by atoms with Crippen molar-refractivity contribution >= 4 is 23.5 Å². The van der Waals surface area contributed by atoms with Gasteiger partial charge in [0.05, 0.1) is 14.6 Å². The fourth-order valence-corrected chi connectivity index (χ4v) is 2.50. The maximum Gasteiger partial charge on any atom is 0.323 e. The highest BCUT2D eigenvalue weighted by Crippen LogP contribution is 2.48. The second kappa shape index (κ2) is 6.75. The van der Waals surface area contributed by atoms with Crippen LogP contribution in [0.5, 0.6) is 0 Å². The minimum Gasteiger partial charge on any atom is -0.465 e. The van der Waals surface area contributed by atoms with Crippen LogP contribution in [0.3, 0.4) is 0 Å². The first-order valence-electron chi connectivity index (χ1n) is 6.75. The van der Waals surface area contributed by atoms with Crippen LogP contribution in [0.2, 0.25) is 0 Å². The molecule has 106 valence electrons. The fraction of sp³-hybridized carbons (Fsp3) is 0.571. The molecule has 1 saturated carbocycles. The van der Waals surface area contributed by atoms with E-state index in [-0.39, 0.29) is 37.5 Å². The Morgan fingerprint density at radius 3 is 2.32 bits per heavy atom. The molecular weight excluding hydrogens is 268 g/mol. The van der Waals surface area contributed by atoms with Gasteiger partial charge in [0.1, 0.15) is 0 Å². The van der Waals surface area contributed by atoms with Crippen LogP contribution in [0.25, 0.3) is 0 Å². The van der Waals surface area contributed by atoms with Gasteiger partial charge >= 0.3 is 11.9 Å². The number of esters is 2. The highest BCUT2D eigenvalue weighted by atomic mass is 35.5. The summed E-state index contributed by atoms with van der Waals surface area (Å²) in [5.74, 6) is -1.55. The molecule has 4 nitrogen and oxygen atoms in total. The van der Waals surface area contributed by atoms with Gasteiger partial charge in [0.15, 0.2) is 5.41 Å². The second-order valence-corrected chi connectivity index (χ2v) is 4.55. The third kappa shape index (κ3) is 3.00. The first kappa shape index (κ1) is 14.1. The summed E-state index contributed by atoms with van der Waals surface area (Å²) in [6, 6.07) is 0. The van der Waals surface area contributed by atoms with Crippen molar-refractivity contribution in [1.29, 1.82) is 0 Å². The lowest BCUT2D eigenvalue weighted by Crippen LogP contribution is -2.40. The summed E-state index contributed by atoms with van der Waals surface area (Å²) in [6.45, 7) is 7.36. The molecule has 1 unspecified atom stereocenters. The highest BCUT2D eigenvalue weighted by Gasteiger charge is 2.55. The Kier molecular flexibility index (Phi) is 5.02. The Balaban J connectivity index is 3.21. The fourth-order valence-electron chi connectivity index (χ4n) is 2.29. The molecular formula is C14H19ClO4. The van der Waals surface area contributed by atoms with Crippen LogP contribution in [-0.2, 0) is 19.1 Å². The molecule has 0 radical (unpaired) electrons.